The maximum atomic E-state index is 9.82. The quantitative estimate of drug-likeness (QED) is 0.789. The second kappa shape index (κ2) is 4.04. The van der Waals surface area contributed by atoms with Gasteiger partial charge in [-0.3, -0.25) is 0 Å². The van der Waals surface area contributed by atoms with E-state index in [-0.39, 0.29) is 5.75 Å². The highest BCUT2D eigenvalue weighted by Gasteiger charge is 2.20. The van der Waals surface area contributed by atoms with Crippen molar-refractivity contribution in [3.8, 4) is 5.75 Å². The summed E-state index contributed by atoms with van der Waals surface area (Å²) in [5, 5.41) is 13.2. The van der Waals surface area contributed by atoms with E-state index < -0.39 is 0 Å². The highest BCUT2D eigenvalue weighted by Crippen LogP contribution is 2.29. The molecule has 3 rings (SSSR count). The van der Waals surface area contributed by atoms with E-state index in [0.717, 1.165) is 29.9 Å². The molecule has 1 atom stereocenters. The number of phenols is 1. The van der Waals surface area contributed by atoms with Crippen molar-refractivity contribution in [2.24, 2.45) is 0 Å². The minimum Gasteiger partial charge on any atom is -0.506 e. The topological polar surface area (TPSA) is 50.1 Å². The summed E-state index contributed by atoms with van der Waals surface area (Å²) in [4.78, 5) is 4.47. The molecular formula is C13H17N3O. The summed E-state index contributed by atoms with van der Waals surface area (Å²) in [7, 11) is 0. The first-order valence-electron chi connectivity index (χ1n) is 6.14. The van der Waals surface area contributed by atoms with Crippen molar-refractivity contribution in [1.29, 1.82) is 0 Å². The van der Waals surface area contributed by atoms with E-state index in [9.17, 15) is 5.11 Å². The van der Waals surface area contributed by atoms with Crippen LogP contribution in [0.3, 0.4) is 0 Å². The Balaban J connectivity index is 2.14. The van der Waals surface area contributed by atoms with Crippen LogP contribution in [-0.4, -0.2) is 27.7 Å². The van der Waals surface area contributed by atoms with Crippen LogP contribution >= 0.6 is 0 Å². The van der Waals surface area contributed by atoms with Crippen molar-refractivity contribution in [3.05, 3.63) is 24.0 Å². The standard InChI is InChI=1S/C13H17N3O/c1-9-15-13-11(5-2-6-12(13)17)16(9)10-4-3-7-14-8-10/h2,5-6,10,14,17H,3-4,7-8H2,1H3. The number of nitrogens with zero attached hydrogens (tertiary/aromatic N) is 2. The van der Waals surface area contributed by atoms with Crippen molar-refractivity contribution < 1.29 is 5.11 Å². The lowest BCUT2D eigenvalue weighted by molar-refractivity contribution is 0.373. The second-order valence-electron chi connectivity index (χ2n) is 4.67. The van der Waals surface area contributed by atoms with Gasteiger partial charge in [-0.25, -0.2) is 4.98 Å². The van der Waals surface area contributed by atoms with Crippen molar-refractivity contribution in [2.45, 2.75) is 25.8 Å². The fraction of sp³-hybridized carbons (Fsp3) is 0.462. The van der Waals surface area contributed by atoms with E-state index in [1.54, 1.807) is 6.07 Å². The Morgan fingerprint density at radius 1 is 1.47 bits per heavy atom. The van der Waals surface area contributed by atoms with E-state index in [0.29, 0.717) is 6.04 Å². The van der Waals surface area contributed by atoms with Gasteiger partial charge in [-0.05, 0) is 38.4 Å². The van der Waals surface area contributed by atoms with Crippen molar-refractivity contribution in [2.75, 3.05) is 13.1 Å². The molecule has 1 aromatic carbocycles. The summed E-state index contributed by atoms with van der Waals surface area (Å²) < 4.78 is 2.25. The molecule has 1 saturated heterocycles. The third-order valence-corrected chi connectivity index (χ3v) is 3.51. The average Bonchev–Trinajstić information content (AvgIpc) is 2.68. The molecular weight excluding hydrogens is 214 g/mol. The van der Waals surface area contributed by atoms with Crippen LogP contribution in [0.25, 0.3) is 11.0 Å². The lowest BCUT2D eigenvalue weighted by Gasteiger charge is -2.25. The zero-order valence-electron chi connectivity index (χ0n) is 9.98. The molecule has 1 fully saturated rings. The maximum Gasteiger partial charge on any atom is 0.143 e. The molecule has 0 spiro atoms. The van der Waals surface area contributed by atoms with Gasteiger partial charge in [0.2, 0.25) is 0 Å². The number of nitrogens with one attached hydrogen (secondary N) is 1. The summed E-state index contributed by atoms with van der Waals surface area (Å²) >= 11 is 0. The molecule has 2 heterocycles. The minimum atomic E-state index is 0.271. The van der Waals surface area contributed by atoms with Crippen LogP contribution in [0, 0.1) is 6.92 Å². The monoisotopic (exact) mass is 231 g/mol. The normalized spacial score (nSPS) is 20.9. The highest BCUT2D eigenvalue weighted by molar-refractivity contribution is 5.82. The predicted octanol–water partition coefficient (Wildman–Crippen LogP) is 1.97. The van der Waals surface area contributed by atoms with Crippen molar-refractivity contribution in [3.63, 3.8) is 0 Å². The lowest BCUT2D eigenvalue weighted by Crippen LogP contribution is -2.32. The van der Waals surface area contributed by atoms with Crippen molar-refractivity contribution >= 4 is 11.0 Å². The molecule has 2 N–H and O–H groups in total. The maximum absolute atomic E-state index is 9.82. The Labute approximate surface area is 100 Å². The molecule has 4 heteroatoms. The summed E-state index contributed by atoms with van der Waals surface area (Å²) in [6, 6.07) is 6.06. The third-order valence-electron chi connectivity index (χ3n) is 3.51. The number of benzene rings is 1. The SMILES string of the molecule is Cc1nc2c(O)cccc2n1C1CCCNC1. The Bertz CT molecular complexity index is 541. The van der Waals surface area contributed by atoms with Gasteiger partial charge in [0.05, 0.1) is 5.52 Å². The third kappa shape index (κ3) is 1.69. The van der Waals surface area contributed by atoms with Crippen LogP contribution in [0.15, 0.2) is 18.2 Å². The Morgan fingerprint density at radius 2 is 2.35 bits per heavy atom. The summed E-state index contributed by atoms with van der Waals surface area (Å²) in [5.74, 6) is 1.25. The van der Waals surface area contributed by atoms with Crippen LogP contribution in [0.1, 0.15) is 24.7 Å². The molecule has 1 unspecified atom stereocenters. The Morgan fingerprint density at radius 3 is 3.12 bits per heavy atom. The Kier molecular flexibility index (Phi) is 2.52. The number of aryl methyl sites for hydroxylation is 1. The number of aromatic nitrogens is 2. The first kappa shape index (κ1) is 10.6. The van der Waals surface area contributed by atoms with E-state index in [1.807, 2.05) is 19.1 Å². The Hall–Kier alpha value is -1.55. The molecule has 0 aliphatic carbocycles. The molecule has 0 saturated carbocycles. The van der Waals surface area contributed by atoms with Crippen LogP contribution in [0.4, 0.5) is 0 Å². The van der Waals surface area contributed by atoms with E-state index in [4.69, 9.17) is 0 Å². The van der Waals surface area contributed by atoms with Gasteiger partial charge in [0.1, 0.15) is 17.1 Å². The molecule has 2 aromatic rings. The summed E-state index contributed by atoms with van der Waals surface area (Å²) in [5.41, 5.74) is 1.76. The summed E-state index contributed by atoms with van der Waals surface area (Å²) in [6.07, 6.45) is 2.37. The fourth-order valence-corrected chi connectivity index (χ4v) is 2.73. The van der Waals surface area contributed by atoms with Gasteiger partial charge < -0.3 is 15.0 Å². The van der Waals surface area contributed by atoms with Gasteiger partial charge in [0.15, 0.2) is 0 Å². The first-order chi connectivity index (χ1) is 8.27. The fourth-order valence-electron chi connectivity index (χ4n) is 2.73. The molecule has 1 aliphatic heterocycles. The lowest BCUT2D eigenvalue weighted by atomic mass is 10.1. The number of imidazole rings is 1. The zero-order chi connectivity index (χ0) is 11.8. The molecule has 0 radical (unpaired) electrons. The van der Waals surface area contributed by atoms with Gasteiger partial charge >= 0.3 is 0 Å². The number of phenolic OH excluding ortho intramolecular Hbond substituents is 1. The van der Waals surface area contributed by atoms with Gasteiger partial charge in [-0.2, -0.15) is 0 Å². The van der Waals surface area contributed by atoms with E-state index in [2.05, 4.69) is 14.9 Å². The van der Waals surface area contributed by atoms with Crippen LogP contribution in [0.2, 0.25) is 0 Å². The van der Waals surface area contributed by atoms with Crippen LogP contribution in [-0.2, 0) is 0 Å². The molecule has 0 amide bonds. The number of hydrogen-bond donors (Lipinski definition) is 2. The van der Waals surface area contributed by atoms with Gasteiger partial charge in [-0.15, -0.1) is 0 Å². The number of aromatic hydroxyl groups is 1. The molecule has 1 aromatic heterocycles. The molecule has 0 bridgehead atoms. The van der Waals surface area contributed by atoms with Gasteiger partial charge in [0, 0.05) is 12.6 Å². The van der Waals surface area contributed by atoms with Crippen molar-refractivity contribution in [1.82, 2.24) is 14.9 Å². The molecule has 4 nitrogen and oxygen atoms in total. The number of hydrogen-bond acceptors (Lipinski definition) is 3. The number of fused-ring (bicyclic) bond motifs is 1. The van der Waals surface area contributed by atoms with Crippen LogP contribution in [0.5, 0.6) is 5.75 Å². The van der Waals surface area contributed by atoms with Crippen LogP contribution < -0.4 is 5.32 Å². The zero-order valence-corrected chi connectivity index (χ0v) is 9.98. The predicted molar refractivity (Wildman–Crippen MR) is 67.3 cm³/mol. The average molecular weight is 231 g/mol. The number of piperidine rings is 1. The first-order valence-corrected chi connectivity index (χ1v) is 6.14. The smallest absolute Gasteiger partial charge is 0.143 e. The number of rotatable bonds is 1. The van der Waals surface area contributed by atoms with Gasteiger partial charge in [0.25, 0.3) is 0 Å². The highest BCUT2D eigenvalue weighted by atomic mass is 16.3. The van der Waals surface area contributed by atoms with E-state index >= 15 is 0 Å². The molecule has 17 heavy (non-hydrogen) atoms. The van der Waals surface area contributed by atoms with E-state index in [1.165, 1.54) is 12.8 Å². The minimum absolute atomic E-state index is 0.271. The largest absolute Gasteiger partial charge is 0.506 e. The molecule has 1 aliphatic rings. The van der Waals surface area contributed by atoms with Gasteiger partial charge in [-0.1, -0.05) is 6.07 Å². The molecule has 90 valence electrons. The summed E-state index contributed by atoms with van der Waals surface area (Å²) in [6.45, 7) is 4.10. The number of para-hydroxylation sites is 1. The second-order valence-corrected chi connectivity index (χ2v) is 4.67.